The lowest BCUT2D eigenvalue weighted by molar-refractivity contribution is -0.384. The molecular weight excluding hydrogens is 284 g/mol. The van der Waals surface area contributed by atoms with Gasteiger partial charge in [-0.05, 0) is 18.5 Å². The minimum absolute atomic E-state index is 0.0176. The van der Waals surface area contributed by atoms with E-state index >= 15 is 0 Å². The quantitative estimate of drug-likeness (QED) is 0.436. The predicted molar refractivity (Wildman–Crippen MR) is 83.7 cm³/mol. The maximum Gasteiger partial charge on any atom is 0.269 e. The number of benzene rings is 1. The number of amides is 1. The van der Waals surface area contributed by atoms with Gasteiger partial charge in [0.25, 0.3) is 5.69 Å². The first-order chi connectivity index (χ1) is 10.6. The van der Waals surface area contributed by atoms with Crippen molar-refractivity contribution in [1.82, 2.24) is 15.5 Å². The van der Waals surface area contributed by atoms with Gasteiger partial charge in [-0.3, -0.25) is 14.9 Å². The van der Waals surface area contributed by atoms with Gasteiger partial charge in [-0.15, -0.1) is 0 Å². The summed E-state index contributed by atoms with van der Waals surface area (Å²) in [6.07, 6.45) is 1.09. The molecule has 0 unspecified atom stereocenters. The average molecular weight is 306 g/mol. The highest BCUT2D eigenvalue weighted by molar-refractivity contribution is 5.78. The standard InChI is InChI=1S/C15H22N4O3/c20-15(12-13-3-1-4-14(11-13)19(21)22)17-5-2-8-18-9-6-16-7-10-18/h1,3-4,11,16H,2,5-10,12H2,(H,17,20). The molecule has 2 N–H and O–H groups in total. The Morgan fingerprint density at radius 3 is 2.86 bits per heavy atom. The molecule has 0 aliphatic carbocycles. The van der Waals surface area contributed by atoms with Crippen LogP contribution in [0.15, 0.2) is 24.3 Å². The van der Waals surface area contributed by atoms with Crippen molar-refractivity contribution in [3.05, 3.63) is 39.9 Å². The van der Waals surface area contributed by atoms with E-state index in [0.29, 0.717) is 12.1 Å². The van der Waals surface area contributed by atoms with Crippen LogP contribution in [-0.4, -0.2) is 55.0 Å². The van der Waals surface area contributed by atoms with Gasteiger partial charge < -0.3 is 15.5 Å². The highest BCUT2D eigenvalue weighted by Crippen LogP contribution is 2.13. The molecule has 2 rings (SSSR count). The van der Waals surface area contributed by atoms with E-state index in [2.05, 4.69) is 15.5 Å². The van der Waals surface area contributed by atoms with Crippen molar-refractivity contribution >= 4 is 11.6 Å². The Hall–Kier alpha value is -1.99. The number of piperazine rings is 1. The first kappa shape index (κ1) is 16.4. The van der Waals surface area contributed by atoms with Crippen LogP contribution in [0.25, 0.3) is 0 Å². The SMILES string of the molecule is O=C(Cc1cccc([N+](=O)[O-])c1)NCCCN1CCNCC1. The van der Waals surface area contributed by atoms with Crippen LogP contribution in [0, 0.1) is 10.1 Å². The summed E-state index contributed by atoms with van der Waals surface area (Å²) in [4.78, 5) is 24.5. The summed E-state index contributed by atoms with van der Waals surface area (Å²) in [7, 11) is 0. The van der Waals surface area contributed by atoms with Crippen LogP contribution in [0.3, 0.4) is 0 Å². The topological polar surface area (TPSA) is 87.5 Å². The van der Waals surface area contributed by atoms with Crippen molar-refractivity contribution in [2.75, 3.05) is 39.3 Å². The van der Waals surface area contributed by atoms with Gasteiger partial charge in [-0.2, -0.15) is 0 Å². The zero-order valence-electron chi connectivity index (χ0n) is 12.6. The highest BCUT2D eigenvalue weighted by Gasteiger charge is 2.10. The molecule has 1 heterocycles. The molecule has 120 valence electrons. The van der Waals surface area contributed by atoms with Gasteiger partial charge in [-0.1, -0.05) is 12.1 Å². The normalized spacial score (nSPS) is 15.5. The van der Waals surface area contributed by atoms with Gasteiger partial charge in [0.15, 0.2) is 0 Å². The van der Waals surface area contributed by atoms with Crippen molar-refractivity contribution in [2.45, 2.75) is 12.8 Å². The number of hydrogen-bond acceptors (Lipinski definition) is 5. The van der Waals surface area contributed by atoms with Gasteiger partial charge >= 0.3 is 0 Å². The number of nitro groups is 1. The molecule has 0 saturated carbocycles. The average Bonchev–Trinajstić information content (AvgIpc) is 2.53. The zero-order valence-corrected chi connectivity index (χ0v) is 12.6. The second kappa shape index (κ2) is 8.45. The van der Waals surface area contributed by atoms with Crippen LogP contribution in [0.2, 0.25) is 0 Å². The van der Waals surface area contributed by atoms with Gasteiger partial charge in [-0.25, -0.2) is 0 Å². The Labute approximate surface area is 129 Å². The third-order valence-electron chi connectivity index (χ3n) is 3.67. The summed E-state index contributed by atoms with van der Waals surface area (Å²) < 4.78 is 0. The molecule has 1 aromatic carbocycles. The van der Waals surface area contributed by atoms with Crippen molar-refractivity contribution in [3.63, 3.8) is 0 Å². The molecule has 0 spiro atoms. The summed E-state index contributed by atoms with van der Waals surface area (Å²) in [6.45, 7) is 5.79. The number of carbonyl (C=O) groups is 1. The van der Waals surface area contributed by atoms with Gasteiger partial charge in [0.05, 0.1) is 11.3 Å². The van der Waals surface area contributed by atoms with Gasteiger partial charge in [0, 0.05) is 44.9 Å². The number of non-ortho nitro benzene ring substituents is 1. The number of nitrogens with one attached hydrogen (secondary N) is 2. The molecule has 1 amide bonds. The molecule has 0 aromatic heterocycles. The van der Waals surface area contributed by atoms with Crippen molar-refractivity contribution in [1.29, 1.82) is 0 Å². The maximum absolute atomic E-state index is 11.8. The van der Waals surface area contributed by atoms with E-state index in [0.717, 1.165) is 39.1 Å². The van der Waals surface area contributed by atoms with Crippen LogP contribution < -0.4 is 10.6 Å². The van der Waals surface area contributed by atoms with Crippen LogP contribution in [0.4, 0.5) is 5.69 Å². The van der Waals surface area contributed by atoms with Crippen molar-refractivity contribution < 1.29 is 9.72 Å². The second-order valence-corrected chi connectivity index (χ2v) is 5.40. The summed E-state index contributed by atoms with van der Waals surface area (Å²) in [6, 6.07) is 6.20. The minimum atomic E-state index is -0.450. The molecule has 1 aromatic rings. The molecule has 7 heteroatoms. The van der Waals surface area contributed by atoms with Gasteiger partial charge in [0.2, 0.25) is 5.91 Å². The van der Waals surface area contributed by atoms with E-state index in [1.54, 1.807) is 12.1 Å². The minimum Gasteiger partial charge on any atom is -0.356 e. The third kappa shape index (κ3) is 5.42. The van der Waals surface area contributed by atoms with Crippen LogP contribution >= 0.6 is 0 Å². The zero-order chi connectivity index (χ0) is 15.8. The van der Waals surface area contributed by atoms with Crippen LogP contribution in [0.1, 0.15) is 12.0 Å². The summed E-state index contributed by atoms with van der Waals surface area (Å²) >= 11 is 0. The summed E-state index contributed by atoms with van der Waals surface area (Å²) in [5.41, 5.74) is 0.679. The predicted octanol–water partition coefficient (Wildman–Crippen LogP) is 0.549. The van der Waals surface area contributed by atoms with Crippen molar-refractivity contribution in [3.8, 4) is 0 Å². The number of hydrogen-bond donors (Lipinski definition) is 2. The maximum atomic E-state index is 11.8. The Morgan fingerprint density at radius 1 is 1.36 bits per heavy atom. The number of carbonyl (C=O) groups excluding carboxylic acids is 1. The fourth-order valence-corrected chi connectivity index (χ4v) is 2.49. The van der Waals surface area contributed by atoms with E-state index in [-0.39, 0.29) is 18.0 Å². The highest BCUT2D eigenvalue weighted by atomic mass is 16.6. The van der Waals surface area contributed by atoms with E-state index in [1.165, 1.54) is 12.1 Å². The Kier molecular flexibility index (Phi) is 6.29. The largest absolute Gasteiger partial charge is 0.356 e. The number of nitro benzene ring substituents is 1. The lowest BCUT2D eigenvalue weighted by Gasteiger charge is -2.27. The first-order valence-corrected chi connectivity index (χ1v) is 7.58. The fraction of sp³-hybridized carbons (Fsp3) is 0.533. The van der Waals surface area contributed by atoms with E-state index in [9.17, 15) is 14.9 Å². The first-order valence-electron chi connectivity index (χ1n) is 7.58. The molecule has 0 radical (unpaired) electrons. The Morgan fingerprint density at radius 2 is 2.14 bits per heavy atom. The molecule has 1 saturated heterocycles. The van der Waals surface area contributed by atoms with Crippen LogP contribution in [0.5, 0.6) is 0 Å². The monoisotopic (exact) mass is 306 g/mol. The molecule has 1 aliphatic heterocycles. The lowest BCUT2D eigenvalue weighted by atomic mass is 10.1. The van der Waals surface area contributed by atoms with Crippen LogP contribution in [-0.2, 0) is 11.2 Å². The van der Waals surface area contributed by atoms with Crippen molar-refractivity contribution in [2.24, 2.45) is 0 Å². The van der Waals surface area contributed by atoms with E-state index in [1.807, 2.05) is 0 Å². The lowest BCUT2D eigenvalue weighted by Crippen LogP contribution is -2.44. The summed E-state index contributed by atoms with van der Waals surface area (Å²) in [5, 5.41) is 16.9. The Bertz CT molecular complexity index is 515. The molecule has 1 fully saturated rings. The molecule has 7 nitrogen and oxygen atoms in total. The number of rotatable bonds is 7. The molecule has 22 heavy (non-hydrogen) atoms. The second-order valence-electron chi connectivity index (χ2n) is 5.40. The molecular formula is C15H22N4O3. The Balaban J connectivity index is 1.67. The molecule has 0 atom stereocenters. The van der Waals surface area contributed by atoms with Gasteiger partial charge in [0.1, 0.15) is 0 Å². The van der Waals surface area contributed by atoms with E-state index in [4.69, 9.17) is 0 Å². The fourth-order valence-electron chi connectivity index (χ4n) is 2.49. The number of nitrogens with zero attached hydrogens (tertiary/aromatic N) is 2. The summed E-state index contributed by atoms with van der Waals surface area (Å²) in [5.74, 6) is -0.0965. The third-order valence-corrected chi connectivity index (χ3v) is 3.67. The molecule has 0 bridgehead atoms. The molecule has 1 aliphatic rings. The smallest absolute Gasteiger partial charge is 0.269 e. The van der Waals surface area contributed by atoms with E-state index < -0.39 is 4.92 Å².